The van der Waals surface area contributed by atoms with Crippen LogP contribution in [0, 0.1) is 42.7 Å². The Morgan fingerprint density at radius 2 is 1.89 bits per heavy atom. The SMILES string of the molecule is CC1(NCC2CC2(F)F)CC1.CCC/C=C(/N=C(\c1cc(Cl)c(-c2ccc(F)c(C)c2/C(C#N)=C(/N)CCCC)c(F)c1C)N1CCCOCC1)OC. The standard InChI is InChI=1S/C33H41ClF2N4O2.C8H13F2N/c1-6-8-11-28(38)25(20-37)30-22(4)27(35)14-13-23(30)31-26(34)19-24(21(3)32(31)36)33(39-29(41-5)12-9-7-2)40-15-10-17-42-18-16-40;1-7(2-3-7)11-5-6-4-8(6,9)10/h12-14,19H,6-11,15-18,38H2,1-5H3;6,11H,2-5H2,1H3/b28-25+,29-12-,39-33+;. The van der Waals surface area contributed by atoms with Crippen LogP contribution in [0.1, 0.15) is 101 Å². The van der Waals surface area contributed by atoms with E-state index in [1.807, 2.05) is 13.0 Å². The molecule has 1 atom stereocenters. The van der Waals surface area contributed by atoms with E-state index in [2.05, 4.69) is 30.1 Å². The number of alkyl halides is 2. The van der Waals surface area contributed by atoms with Gasteiger partial charge in [0.15, 0.2) is 0 Å². The van der Waals surface area contributed by atoms with Crippen molar-refractivity contribution in [3.05, 3.63) is 74.8 Å². The van der Waals surface area contributed by atoms with Crippen LogP contribution < -0.4 is 11.1 Å². The number of hydrogen-bond donors (Lipinski definition) is 2. The van der Waals surface area contributed by atoms with Gasteiger partial charge in [0.05, 0.1) is 24.3 Å². The molecule has 3 aliphatic rings. The van der Waals surface area contributed by atoms with Crippen molar-refractivity contribution in [2.24, 2.45) is 16.6 Å². The number of hydrogen-bond acceptors (Lipinski definition) is 6. The maximum absolute atomic E-state index is 16.6. The maximum Gasteiger partial charge on any atom is 0.252 e. The van der Waals surface area contributed by atoms with Crippen LogP contribution in [-0.4, -0.2) is 62.2 Å². The minimum atomic E-state index is -2.35. The van der Waals surface area contributed by atoms with E-state index >= 15 is 4.39 Å². The Morgan fingerprint density at radius 1 is 1.17 bits per heavy atom. The number of nitrogens with two attached hydrogens (primary N) is 1. The molecule has 0 radical (unpaired) electrons. The van der Waals surface area contributed by atoms with Gasteiger partial charge in [-0.2, -0.15) is 10.3 Å². The number of methoxy groups -OCH3 is 1. The number of unbranched alkanes of at least 4 members (excludes halogenated alkanes) is 2. The van der Waals surface area contributed by atoms with Crippen molar-refractivity contribution in [1.82, 2.24) is 10.2 Å². The monoisotopic (exact) mass is 759 g/mol. The average Bonchev–Trinajstić information content (AvgIpc) is 4.05. The fourth-order valence-corrected chi connectivity index (χ4v) is 6.52. The Balaban J connectivity index is 0.000000480. The van der Waals surface area contributed by atoms with Gasteiger partial charge >= 0.3 is 0 Å². The number of aliphatic imine (C=N–C) groups is 1. The quantitative estimate of drug-likeness (QED) is 0.0694. The predicted octanol–water partition coefficient (Wildman–Crippen LogP) is 9.83. The summed E-state index contributed by atoms with van der Waals surface area (Å²) in [5, 5.41) is 13.4. The Morgan fingerprint density at radius 3 is 2.49 bits per heavy atom. The zero-order valence-electron chi connectivity index (χ0n) is 31.9. The molecule has 53 heavy (non-hydrogen) atoms. The van der Waals surface area contributed by atoms with Gasteiger partial charge in [-0.1, -0.05) is 44.4 Å². The molecular formula is C41H54ClF4N5O2. The Hall–Kier alpha value is -3.59. The number of amidine groups is 1. The van der Waals surface area contributed by atoms with Crippen LogP contribution in [0.2, 0.25) is 5.02 Å². The molecule has 2 aliphatic carbocycles. The van der Waals surface area contributed by atoms with Crippen LogP contribution in [0.3, 0.4) is 0 Å². The normalized spacial score (nSPS) is 19.7. The summed E-state index contributed by atoms with van der Waals surface area (Å²) in [5.41, 5.74) is 8.69. The van der Waals surface area contributed by atoms with E-state index in [1.54, 1.807) is 27.0 Å². The fraction of sp³-hybridized carbons (Fsp3) is 0.561. The molecule has 3 N–H and O–H groups in total. The molecule has 2 saturated carbocycles. The predicted molar refractivity (Wildman–Crippen MR) is 205 cm³/mol. The first kappa shape index (κ1) is 42.2. The van der Waals surface area contributed by atoms with Crippen LogP contribution >= 0.6 is 11.6 Å². The van der Waals surface area contributed by atoms with Gasteiger partial charge in [0.1, 0.15) is 23.5 Å². The molecule has 3 fully saturated rings. The van der Waals surface area contributed by atoms with Crippen molar-refractivity contribution in [3.63, 3.8) is 0 Å². The molecule has 2 aromatic carbocycles. The van der Waals surface area contributed by atoms with Crippen molar-refractivity contribution in [2.75, 3.05) is 40.0 Å². The van der Waals surface area contributed by atoms with Crippen LogP contribution in [0.4, 0.5) is 17.6 Å². The van der Waals surface area contributed by atoms with Gasteiger partial charge in [0.25, 0.3) is 5.92 Å². The number of nitrogens with zero attached hydrogens (tertiary/aromatic N) is 3. The third-order valence-electron chi connectivity index (χ3n) is 10.1. The van der Waals surface area contributed by atoms with Crippen molar-refractivity contribution >= 4 is 23.0 Å². The van der Waals surface area contributed by atoms with Gasteiger partial charge in [0, 0.05) is 66.5 Å². The lowest BCUT2D eigenvalue weighted by Crippen LogP contribution is -2.35. The highest BCUT2D eigenvalue weighted by Gasteiger charge is 2.57. The molecular weight excluding hydrogens is 706 g/mol. The van der Waals surface area contributed by atoms with E-state index in [0.717, 1.165) is 44.9 Å². The lowest BCUT2D eigenvalue weighted by atomic mass is 9.87. The highest BCUT2D eigenvalue weighted by atomic mass is 35.5. The minimum Gasteiger partial charge on any atom is -0.481 e. The van der Waals surface area contributed by atoms with E-state index < -0.39 is 17.6 Å². The highest BCUT2D eigenvalue weighted by molar-refractivity contribution is 6.34. The summed E-state index contributed by atoms with van der Waals surface area (Å²) < 4.78 is 67.4. The minimum absolute atomic E-state index is 0.0825. The van der Waals surface area contributed by atoms with Crippen molar-refractivity contribution in [3.8, 4) is 17.2 Å². The molecule has 290 valence electrons. The topological polar surface area (TPSA) is 95.9 Å². The second-order valence-corrected chi connectivity index (χ2v) is 14.9. The second-order valence-electron chi connectivity index (χ2n) is 14.5. The van der Waals surface area contributed by atoms with E-state index in [0.29, 0.717) is 73.4 Å². The number of ether oxygens (including phenoxy) is 2. The lowest BCUT2D eigenvalue weighted by Gasteiger charge is -2.26. The van der Waals surface area contributed by atoms with Gasteiger partial charge < -0.3 is 25.4 Å². The van der Waals surface area contributed by atoms with Crippen molar-refractivity contribution < 1.29 is 27.0 Å². The number of nitrogens with one attached hydrogen (secondary N) is 1. The third kappa shape index (κ3) is 10.8. The first-order chi connectivity index (χ1) is 25.2. The van der Waals surface area contributed by atoms with Crippen LogP contribution in [0.5, 0.6) is 0 Å². The molecule has 0 aromatic heterocycles. The van der Waals surface area contributed by atoms with Gasteiger partial charge in [-0.15, -0.1) is 0 Å². The highest BCUT2D eigenvalue weighted by Crippen LogP contribution is 2.49. The molecule has 1 unspecified atom stereocenters. The average molecular weight is 760 g/mol. The summed E-state index contributed by atoms with van der Waals surface area (Å²) in [6.07, 6.45) is 8.88. The van der Waals surface area contributed by atoms with Gasteiger partial charge in [-0.25, -0.2) is 17.6 Å². The number of rotatable bonds is 13. The first-order valence-corrected chi connectivity index (χ1v) is 19.1. The third-order valence-corrected chi connectivity index (χ3v) is 10.4. The molecule has 0 spiro atoms. The van der Waals surface area contributed by atoms with Gasteiger partial charge in [-0.05, 0) is 94.2 Å². The fourth-order valence-electron chi connectivity index (χ4n) is 6.23. The first-order valence-electron chi connectivity index (χ1n) is 18.7. The molecule has 1 heterocycles. The number of halogens is 5. The second kappa shape index (κ2) is 18.6. The number of benzene rings is 2. The summed E-state index contributed by atoms with van der Waals surface area (Å²) >= 11 is 6.88. The van der Waals surface area contributed by atoms with Crippen molar-refractivity contribution in [2.45, 2.75) is 104 Å². The molecule has 0 amide bonds. The molecule has 0 bridgehead atoms. The van der Waals surface area contributed by atoms with E-state index in [1.165, 1.54) is 12.1 Å². The number of nitriles is 1. The smallest absolute Gasteiger partial charge is 0.252 e. The zero-order valence-corrected chi connectivity index (χ0v) is 32.7. The molecule has 2 aromatic rings. The molecule has 1 saturated heterocycles. The van der Waals surface area contributed by atoms with Crippen molar-refractivity contribution in [1.29, 1.82) is 5.26 Å². The largest absolute Gasteiger partial charge is 0.481 e. The maximum atomic E-state index is 16.6. The van der Waals surface area contributed by atoms with Crippen LogP contribution in [0.25, 0.3) is 16.7 Å². The summed E-state index contributed by atoms with van der Waals surface area (Å²) in [5.74, 6) is -2.85. The lowest BCUT2D eigenvalue weighted by molar-refractivity contribution is 0.0979. The molecule has 12 heteroatoms. The molecule has 5 rings (SSSR count). The van der Waals surface area contributed by atoms with Crippen LogP contribution in [-0.2, 0) is 9.47 Å². The van der Waals surface area contributed by atoms with E-state index in [-0.39, 0.29) is 45.2 Å². The summed E-state index contributed by atoms with van der Waals surface area (Å²) in [6.45, 7) is 12.3. The summed E-state index contributed by atoms with van der Waals surface area (Å²) in [6, 6.07) is 6.56. The van der Waals surface area contributed by atoms with Gasteiger partial charge in [-0.3, -0.25) is 0 Å². The molecule has 1 aliphatic heterocycles. The molecule has 7 nitrogen and oxygen atoms in total. The van der Waals surface area contributed by atoms with E-state index in [4.69, 9.17) is 31.8 Å². The summed E-state index contributed by atoms with van der Waals surface area (Å²) in [4.78, 5) is 6.89. The summed E-state index contributed by atoms with van der Waals surface area (Å²) in [7, 11) is 1.56. The van der Waals surface area contributed by atoms with Gasteiger partial charge in [0.2, 0.25) is 5.88 Å². The number of allylic oxidation sites excluding steroid dienone is 3. The van der Waals surface area contributed by atoms with Crippen LogP contribution in [0.15, 0.2) is 40.8 Å². The zero-order chi connectivity index (χ0) is 38.9. The Labute approximate surface area is 317 Å². The van der Waals surface area contributed by atoms with E-state index in [9.17, 15) is 18.4 Å². The Kier molecular flexibility index (Phi) is 14.8. The Bertz CT molecular complexity index is 1740.